The molecule has 0 spiro atoms. The Hall–Kier alpha value is -0.570. The molecule has 0 amide bonds. The van der Waals surface area contributed by atoms with E-state index < -0.39 is 0 Å². The highest BCUT2D eigenvalue weighted by Crippen LogP contribution is 2.03. The van der Waals surface area contributed by atoms with Crippen molar-refractivity contribution < 1.29 is 9.53 Å². The Morgan fingerprint density at radius 2 is 2.60 bits per heavy atom. The van der Waals surface area contributed by atoms with Crippen LogP contribution in [0.4, 0.5) is 0 Å². The average molecular weight is 143 g/mol. The van der Waals surface area contributed by atoms with E-state index >= 15 is 0 Å². The predicted molar refractivity (Wildman–Crippen MR) is 37.7 cm³/mol. The van der Waals surface area contributed by atoms with E-state index in [1.165, 1.54) is 0 Å². The Morgan fingerprint density at radius 1 is 1.80 bits per heavy atom. The van der Waals surface area contributed by atoms with Crippen LogP contribution in [0.3, 0.4) is 0 Å². The summed E-state index contributed by atoms with van der Waals surface area (Å²) in [7, 11) is 0. The minimum absolute atomic E-state index is 0.0892. The summed E-state index contributed by atoms with van der Waals surface area (Å²) in [4.78, 5) is 10.7. The number of esters is 1. The van der Waals surface area contributed by atoms with Crippen molar-refractivity contribution in [3.05, 3.63) is 0 Å². The molecule has 1 aliphatic heterocycles. The summed E-state index contributed by atoms with van der Waals surface area (Å²) in [6.45, 7) is 3.61. The molecule has 0 aromatic rings. The molecule has 3 nitrogen and oxygen atoms in total. The molecule has 0 radical (unpaired) electrons. The number of ether oxygens (including phenoxy) is 1. The van der Waals surface area contributed by atoms with Crippen LogP contribution in [0.2, 0.25) is 0 Å². The van der Waals surface area contributed by atoms with E-state index in [2.05, 4.69) is 5.32 Å². The average Bonchev–Trinajstić information content (AvgIpc) is 2.40. The van der Waals surface area contributed by atoms with Gasteiger partial charge in [-0.3, -0.25) is 4.79 Å². The maximum Gasteiger partial charge on any atom is 0.305 e. The first-order valence-electron chi connectivity index (χ1n) is 3.73. The lowest BCUT2D eigenvalue weighted by atomic mass is 10.3. The van der Waals surface area contributed by atoms with Crippen molar-refractivity contribution in [1.82, 2.24) is 5.32 Å². The van der Waals surface area contributed by atoms with E-state index in [9.17, 15) is 4.79 Å². The minimum atomic E-state index is -0.0892. The van der Waals surface area contributed by atoms with Gasteiger partial charge in [0, 0.05) is 13.0 Å². The van der Waals surface area contributed by atoms with Gasteiger partial charge in [-0.05, 0) is 13.0 Å². The van der Waals surface area contributed by atoms with Gasteiger partial charge in [-0.25, -0.2) is 0 Å². The molecule has 1 atom stereocenters. The van der Waals surface area contributed by atoms with E-state index in [1.807, 2.05) is 6.92 Å². The summed E-state index contributed by atoms with van der Waals surface area (Å²) in [6, 6.07) is 0. The van der Waals surface area contributed by atoms with Gasteiger partial charge in [0.2, 0.25) is 0 Å². The van der Waals surface area contributed by atoms with Gasteiger partial charge in [-0.2, -0.15) is 0 Å². The van der Waals surface area contributed by atoms with Crippen LogP contribution in [0.5, 0.6) is 0 Å². The monoisotopic (exact) mass is 143 g/mol. The van der Waals surface area contributed by atoms with Crippen LogP contribution in [0.25, 0.3) is 0 Å². The lowest BCUT2D eigenvalue weighted by Gasteiger charge is -2.08. The Balaban J connectivity index is 2.17. The first kappa shape index (κ1) is 7.54. The fraction of sp³-hybridized carbons (Fsp3) is 0.857. The van der Waals surface area contributed by atoms with Crippen LogP contribution in [0.15, 0.2) is 0 Å². The van der Waals surface area contributed by atoms with Crippen molar-refractivity contribution in [1.29, 1.82) is 0 Å². The molecule has 1 saturated heterocycles. The molecule has 1 fully saturated rings. The van der Waals surface area contributed by atoms with E-state index in [0.29, 0.717) is 6.42 Å². The zero-order valence-corrected chi connectivity index (χ0v) is 6.22. The molecule has 1 rings (SSSR count). The summed E-state index contributed by atoms with van der Waals surface area (Å²) in [6.07, 6.45) is 1.58. The standard InChI is InChI=1S/C7H13NO2/c1-2-7(9)10-6-3-4-8-5-6/h6,8H,2-5H2,1H3/t6-/m1/s1. The van der Waals surface area contributed by atoms with E-state index in [-0.39, 0.29) is 12.1 Å². The molecule has 3 heteroatoms. The van der Waals surface area contributed by atoms with Crippen molar-refractivity contribution in [2.45, 2.75) is 25.9 Å². The SMILES string of the molecule is CCC(=O)O[C@@H]1CCNC1. The fourth-order valence-electron chi connectivity index (χ4n) is 0.998. The summed E-state index contributed by atoms with van der Waals surface area (Å²) in [5.41, 5.74) is 0. The second-order valence-corrected chi connectivity index (χ2v) is 2.46. The lowest BCUT2D eigenvalue weighted by Crippen LogP contribution is -2.20. The number of carbonyl (C=O) groups is 1. The maximum atomic E-state index is 10.7. The Bertz CT molecular complexity index is 119. The molecule has 0 unspecified atom stereocenters. The molecular weight excluding hydrogens is 130 g/mol. The van der Waals surface area contributed by atoms with Crippen molar-refractivity contribution >= 4 is 5.97 Å². The first-order chi connectivity index (χ1) is 4.83. The number of nitrogens with one attached hydrogen (secondary N) is 1. The Labute approximate surface area is 60.7 Å². The van der Waals surface area contributed by atoms with Crippen LogP contribution in [0, 0.1) is 0 Å². The largest absolute Gasteiger partial charge is 0.461 e. The highest BCUT2D eigenvalue weighted by Gasteiger charge is 2.17. The zero-order valence-electron chi connectivity index (χ0n) is 6.22. The van der Waals surface area contributed by atoms with Crippen LogP contribution in [0.1, 0.15) is 19.8 Å². The highest BCUT2D eigenvalue weighted by atomic mass is 16.5. The molecular formula is C7H13NO2. The smallest absolute Gasteiger partial charge is 0.305 e. The van der Waals surface area contributed by atoms with Gasteiger partial charge in [0.05, 0.1) is 0 Å². The van der Waals surface area contributed by atoms with Crippen LogP contribution >= 0.6 is 0 Å². The number of rotatable bonds is 2. The summed E-state index contributed by atoms with van der Waals surface area (Å²) in [5.74, 6) is -0.0892. The van der Waals surface area contributed by atoms with Crippen molar-refractivity contribution in [2.24, 2.45) is 0 Å². The Kier molecular flexibility index (Phi) is 2.68. The quantitative estimate of drug-likeness (QED) is 0.565. The van der Waals surface area contributed by atoms with Gasteiger partial charge in [-0.15, -0.1) is 0 Å². The summed E-state index contributed by atoms with van der Waals surface area (Å²) >= 11 is 0. The molecule has 1 heterocycles. The molecule has 0 aromatic carbocycles. The zero-order chi connectivity index (χ0) is 7.40. The lowest BCUT2D eigenvalue weighted by molar-refractivity contribution is -0.147. The predicted octanol–water partition coefficient (Wildman–Crippen LogP) is 0.301. The van der Waals surface area contributed by atoms with E-state index in [1.54, 1.807) is 0 Å². The van der Waals surface area contributed by atoms with Gasteiger partial charge in [0.15, 0.2) is 0 Å². The highest BCUT2D eigenvalue weighted by molar-refractivity contribution is 5.69. The van der Waals surface area contributed by atoms with Crippen molar-refractivity contribution in [2.75, 3.05) is 13.1 Å². The van der Waals surface area contributed by atoms with Gasteiger partial charge < -0.3 is 10.1 Å². The molecule has 0 saturated carbocycles. The Morgan fingerprint density at radius 3 is 3.10 bits per heavy atom. The second-order valence-electron chi connectivity index (χ2n) is 2.46. The minimum Gasteiger partial charge on any atom is -0.461 e. The molecule has 0 aliphatic carbocycles. The van der Waals surface area contributed by atoms with Crippen molar-refractivity contribution in [3.63, 3.8) is 0 Å². The van der Waals surface area contributed by atoms with Gasteiger partial charge in [-0.1, -0.05) is 6.92 Å². The van der Waals surface area contributed by atoms with Crippen LogP contribution in [-0.4, -0.2) is 25.2 Å². The van der Waals surface area contributed by atoms with Crippen LogP contribution < -0.4 is 5.32 Å². The third-order valence-electron chi connectivity index (χ3n) is 1.60. The molecule has 0 aromatic heterocycles. The van der Waals surface area contributed by atoms with Gasteiger partial charge in [0.25, 0.3) is 0 Å². The third kappa shape index (κ3) is 1.99. The molecule has 1 aliphatic rings. The van der Waals surface area contributed by atoms with E-state index in [4.69, 9.17) is 4.74 Å². The normalized spacial score (nSPS) is 24.7. The molecule has 58 valence electrons. The summed E-state index contributed by atoms with van der Waals surface area (Å²) < 4.78 is 5.06. The molecule has 10 heavy (non-hydrogen) atoms. The van der Waals surface area contributed by atoms with Crippen LogP contribution in [-0.2, 0) is 9.53 Å². The number of carbonyl (C=O) groups excluding carboxylic acids is 1. The van der Waals surface area contributed by atoms with Gasteiger partial charge >= 0.3 is 5.97 Å². The molecule has 1 N–H and O–H groups in total. The van der Waals surface area contributed by atoms with Gasteiger partial charge in [0.1, 0.15) is 6.10 Å². The summed E-state index contributed by atoms with van der Waals surface area (Å²) in [5, 5.41) is 3.12. The van der Waals surface area contributed by atoms with Crippen molar-refractivity contribution in [3.8, 4) is 0 Å². The maximum absolute atomic E-state index is 10.7. The fourth-order valence-corrected chi connectivity index (χ4v) is 0.998. The first-order valence-corrected chi connectivity index (χ1v) is 3.73. The van der Waals surface area contributed by atoms with E-state index in [0.717, 1.165) is 19.5 Å². The third-order valence-corrected chi connectivity index (χ3v) is 1.60. The number of hydrogen-bond donors (Lipinski definition) is 1. The topological polar surface area (TPSA) is 38.3 Å². The second kappa shape index (κ2) is 3.56. The molecule has 0 bridgehead atoms. The number of hydrogen-bond acceptors (Lipinski definition) is 3.